The lowest BCUT2D eigenvalue weighted by Gasteiger charge is -2.23. The fourth-order valence-electron chi connectivity index (χ4n) is 3.10. The van der Waals surface area contributed by atoms with Gasteiger partial charge in [-0.25, -0.2) is 13.8 Å². The predicted octanol–water partition coefficient (Wildman–Crippen LogP) is 3.36. The zero-order chi connectivity index (χ0) is 23.8. The van der Waals surface area contributed by atoms with Crippen LogP contribution in [0, 0.1) is 6.92 Å². The number of nitrogens with one attached hydrogen (secondary N) is 1. The number of hydrogen-bond donors (Lipinski definition) is 1. The van der Waals surface area contributed by atoms with Crippen molar-refractivity contribution in [2.75, 3.05) is 25.1 Å². The molecule has 1 N–H and O–H groups in total. The molecule has 0 fully saturated rings. The summed E-state index contributed by atoms with van der Waals surface area (Å²) in [5.74, 6) is 0.380. The van der Waals surface area contributed by atoms with Crippen molar-refractivity contribution < 1.29 is 22.7 Å². The van der Waals surface area contributed by atoms with Crippen LogP contribution in [0.3, 0.4) is 0 Å². The Kier molecular flexibility index (Phi) is 7.68. The second kappa shape index (κ2) is 10.6. The van der Waals surface area contributed by atoms with Crippen LogP contribution in [0.4, 0.5) is 5.69 Å². The largest absolute Gasteiger partial charge is 0.493 e. The molecule has 0 saturated carbocycles. The number of anilines is 1. The summed E-state index contributed by atoms with van der Waals surface area (Å²) in [6, 6.07) is 20.1. The first kappa shape index (κ1) is 23.8. The number of carbonyl (C=O) groups excluding carboxylic acids is 1. The molecule has 0 atom stereocenters. The van der Waals surface area contributed by atoms with Gasteiger partial charge >= 0.3 is 0 Å². The van der Waals surface area contributed by atoms with Gasteiger partial charge in [-0.1, -0.05) is 42.0 Å². The molecule has 33 heavy (non-hydrogen) atoms. The first-order valence-corrected chi connectivity index (χ1v) is 11.5. The molecule has 1 amide bonds. The summed E-state index contributed by atoms with van der Waals surface area (Å²) in [4.78, 5) is 12.7. The van der Waals surface area contributed by atoms with Gasteiger partial charge in [-0.2, -0.15) is 5.10 Å². The van der Waals surface area contributed by atoms with Gasteiger partial charge in [-0.15, -0.1) is 0 Å². The molecule has 0 aliphatic rings. The molecule has 3 aromatic carbocycles. The Morgan fingerprint density at radius 3 is 2.30 bits per heavy atom. The number of hydrazone groups is 1. The Morgan fingerprint density at radius 2 is 1.67 bits per heavy atom. The van der Waals surface area contributed by atoms with Crippen LogP contribution in [-0.4, -0.2) is 41.3 Å². The SMILES string of the molecule is COc1cccc(/C=N\NC(=O)CN(c2ccccc2)S(=O)(=O)c2ccc(C)cc2)c1OC. The molecule has 3 aromatic rings. The molecular weight excluding hydrogens is 442 g/mol. The summed E-state index contributed by atoms with van der Waals surface area (Å²) >= 11 is 0. The van der Waals surface area contributed by atoms with Gasteiger partial charge in [0.2, 0.25) is 0 Å². The van der Waals surface area contributed by atoms with Crippen molar-refractivity contribution in [1.82, 2.24) is 5.43 Å². The van der Waals surface area contributed by atoms with E-state index in [1.54, 1.807) is 60.7 Å². The van der Waals surface area contributed by atoms with Crippen molar-refractivity contribution in [1.29, 1.82) is 0 Å². The number of hydrogen-bond acceptors (Lipinski definition) is 6. The summed E-state index contributed by atoms with van der Waals surface area (Å²) in [6.45, 7) is 1.42. The Hall–Kier alpha value is -3.85. The van der Waals surface area contributed by atoms with Gasteiger partial charge < -0.3 is 9.47 Å². The Labute approximate surface area is 193 Å². The maximum absolute atomic E-state index is 13.3. The molecule has 8 nitrogen and oxygen atoms in total. The Morgan fingerprint density at radius 1 is 0.970 bits per heavy atom. The zero-order valence-corrected chi connectivity index (χ0v) is 19.4. The second-order valence-corrected chi connectivity index (χ2v) is 8.90. The van der Waals surface area contributed by atoms with Crippen LogP contribution in [0.15, 0.2) is 82.8 Å². The lowest BCUT2D eigenvalue weighted by Crippen LogP contribution is -2.39. The van der Waals surface area contributed by atoms with Crippen LogP contribution in [-0.2, 0) is 14.8 Å². The average Bonchev–Trinajstić information content (AvgIpc) is 2.83. The molecule has 9 heteroatoms. The van der Waals surface area contributed by atoms with Crippen molar-refractivity contribution in [3.8, 4) is 11.5 Å². The number of aryl methyl sites for hydroxylation is 1. The standard InChI is InChI=1S/C24H25N3O5S/c1-18-12-14-21(15-13-18)33(29,30)27(20-9-5-4-6-10-20)17-23(28)26-25-16-19-8-7-11-22(31-2)24(19)32-3/h4-16H,17H2,1-3H3,(H,26,28)/b25-16-. The molecule has 0 aromatic heterocycles. The predicted molar refractivity (Wildman–Crippen MR) is 127 cm³/mol. The highest BCUT2D eigenvalue weighted by Crippen LogP contribution is 2.29. The summed E-state index contributed by atoms with van der Waals surface area (Å²) in [5, 5.41) is 3.96. The third-order valence-corrected chi connectivity index (χ3v) is 6.55. The number of ether oxygens (including phenoxy) is 2. The molecule has 0 unspecified atom stereocenters. The van der Waals surface area contributed by atoms with Crippen molar-refractivity contribution in [2.24, 2.45) is 5.10 Å². The number of benzene rings is 3. The number of para-hydroxylation sites is 2. The zero-order valence-electron chi connectivity index (χ0n) is 18.6. The summed E-state index contributed by atoms with van der Waals surface area (Å²) < 4.78 is 38.2. The Bertz CT molecular complexity index is 1230. The molecule has 0 aliphatic heterocycles. The number of carbonyl (C=O) groups is 1. The number of nitrogens with zero attached hydrogens (tertiary/aromatic N) is 2. The third kappa shape index (κ3) is 5.69. The minimum absolute atomic E-state index is 0.0920. The molecule has 0 saturated heterocycles. The monoisotopic (exact) mass is 467 g/mol. The highest BCUT2D eigenvalue weighted by molar-refractivity contribution is 7.92. The van der Waals surface area contributed by atoms with E-state index in [4.69, 9.17) is 9.47 Å². The van der Waals surface area contributed by atoms with Gasteiger partial charge in [0.05, 0.1) is 31.0 Å². The van der Waals surface area contributed by atoms with E-state index >= 15 is 0 Å². The van der Waals surface area contributed by atoms with Crippen LogP contribution in [0.2, 0.25) is 0 Å². The summed E-state index contributed by atoms with van der Waals surface area (Å²) in [6.07, 6.45) is 1.40. The van der Waals surface area contributed by atoms with Crippen LogP contribution >= 0.6 is 0 Å². The smallest absolute Gasteiger partial charge is 0.264 e. The van der Waals surface area contributed by atoms with E-state index in [-0.39, 0.29) is 4.90 Å². The van der Waals surface area contributed by atoms with E-state index in [1.807, 2.05) is 6.92 Å². The second-order valence-electron chi connectivity index (χ2n) is 7.04. The Balaban J connectivity index is 1.82. The van der Waals surface area contributed by atoms with Gasteiger partial charge in [0.1, 0.15) is 6.54 Å². The molecule has 0 aliphatic carbocycles. The first-order valence-electron chi connectivity index (χ1n) is 10.0. The van der Waals surface area contributed by atoms with Crippen molar-refractivity contribution >= 4 is 27.8 Å². The quantitative estimate of drug-likeness (QED) is 0.384. The van der Waals surface area contributed by atoms with Crippen LogP contribution in [0.5, 0.6) is 11.5 Å². The molecule has 0 bridgehead atoms. The van der Waals surface area contributed by atoms with Crippen LogP contribution < -0.4 is 19.2 Å². The van der Waals surface area contributed by atoms with Crippen molar-refractivity contribution in [3.63, 3.8) is 0 Å². The molecule has 172 valence electrons. The minimum atomic E-state index is -3.98. The normalized spacial score (nSPS) is 11.2. The lowest BCUT2D eigenvalue weighted by molar-refractivity contribution is -0.119. The molecular formula is C24H25N3O5S. The summed E-state index contributed by atoms with van der Waals surface area (Å²) in [7, 11) is -0.956. The van der Waals surface area contributed by atoms with Gasteiger partial charge in [-0.3, -0.25) is 9.10 Å². The number of methoxy groups -OCH3 is 2. The topological polar surface area (TPSA) is 97.3 Å². The van der Waals surface area contributed by atoms with Gasteiger partial charge in [0, 0.05) is 5.56 Å². The fraction of sp³-hybridized carbons (Fsp3) is 0.167. The van der Waals surface area contributed by atoms with E-state index in [9.17, 15) is 13.2 Å². The highest BCUT2D eigenvalue weighted by Gasteiger charge is 2.27. The minimum Gasteiger partial charge on any atom is -0.493 e. The molecule has 0 radical (unpaired) electrons. The van der Waals surface area contributed by atoms with E-state index in [2.05, 4.69) is 10.5 Å². The maximum atomic E-state index is 13.3. The fourth-order valence-corrected chi connectivity index (χ4v) is 4.52. The molecule has 3 rings (SSSR count). The third-order valence-electron chi connectivity index (χ3n) is 4.77. The van der Waals surface area contributed by atoms with E-state index in [0.717, 1.165) is 9.87 Å². The highest BCUT2D eigenvalue weighted by atomic mass is 32.2. The summed E-state index contributed by atoms with van der Waals surface area (Å²) in [5.41, 5.74) is 4.27. The first-order chi connectivity index (χ1) is 15.9. The number of sulfonamides is 1. The van der Waals surface area contributed by atoms with Crippen molar-refractivity contribution in [2.45, 2.75) is 11.8 Å². The van der Waals surface area contributed by atoms with Gasteiger partial charge in [0.15, 0.2) is 11.5 Å². The number of amides is 1. The van der Waals surface area contributed by atoms with Crippen LogP contribution in [0.25, 0.3) is 0 Å². The lowest BCUT2D eigenvalue weighted by atomic mass is 10.2. The number of rotatable bonds is 9. The van der Waals surface area contributed by atoms with Crippen molar-refractivity contribution in [3.05, 3.63) is 83.9 Å². The average molecular weight is 468 g/mol. The maximum Gasteiger partial charge on any atom is 0.264 e. The van der Waals surface area contributed by atoms with E-state index in [1.165, 1.54) is 32.6 Å². The van der Waals surface area contributed by atoms with Gasteiger partial charge in [-0.05, 0) is 43.3 Å². The van der Waals surface area contributed by atoms with Crippen LogP contribution in [0.1, 0.15) is 11.1 Å². The van der Waals surface area contributed by atoms with E-state index in [0.29, 0.717) is 22.7 Å². The van der Waals surface area contributed by atoms with Gasteiger partial charge in [0.25, 0.3) is 15.9 Å². The molecule has 0 heterocycles. The van der Waals surface area contributed by atoms with E-state index < -0.39 is 22.5 Å². The molecule has 0 spiro atoms.